The number of amides is 1. The molecule has 0 aromatic heterocycles. The molecule has 1 rings (SSSR count). The molecular formula is C11H18N2O3. The molecule has 0 aromatic rings. The summed E-state index contributed by atoms with van der Waals surface area (Å²) in [5, 5.41) is 11.5. The van der Waals surface area contributed by atoms with Crippen molar-refractivity contribution < 1.29 is 14.7 Å². The molecule has 0 radical (unpaired) electrons. The Kier molecular flexibility index (Phi) is 4.98. The van der Waals surface area contributed by atoms with Gasteiger partial charge in [0.2, 0.25) is 5.91 Å². The number of carbonyl (C=O) groups excluding carboxylic acids is 1. The molecule has 1 saturated carbocycles. The van der Waals surface area contributed by atoms with Gasteiger partial charge in [-0.2, -0.15) is 0 Å². The van der Waals surface area contributed by atoms with Crippen LogP contribution in [0.2, 0.25) is 0 Å². The van der Waals surface area contributed by atoms with Crippen LogP contribution in [-0.4, -0.2) is 47.6 Å². The summed E-state index contributed by atoms with van der Waals surface area (Å²) in [5.74, 6) is -0.883. The molecule has 1 aliphatic carbocycles. The maximum atomic E-state index is 11.4. The van der Waals surface area contributed by atoms with Gasteiger partial charge in [-0.15, -0.1) is 6.58 Å². The minimum absolute atomic E-state index is 0.00181. The van der Waals surface area contributed by atoms with Gasteiger partial charge in [0.1, 0.15) is 0 Å². The summed E-state index contributed by atoms with van der Waals surface area (Å²) in [6.07, 6.45) is 4.12. The normalized spacial score (nSPS) is 14.8. The van der Waals surface area contributed by atoms with Crippen molar-refractivity contribution in [1.29, 1.82) is 0 Å². The van der Waals surface area contributed by atoms with E-state index in [1.807, 2.05) is 0 Å². The minimum Gasteiger partial charge on any atom is -0.480 e. The lowest BCUT2D eigenvalue weighted by atomic mass is 10.3. The van der Waals surface area contributed by atoms with Gasteiger partial charge in [0.25, 0.3) is 0 Å². The van der Waals surface area contributed by atoms with Crippen molar-refractivity contribution in [2.24, 2.45) is 0 Å². The lowest BCUT2D eigenvalue weighted by Gasteiger charge is -2.17. The predicted molar refractivity (Wildman–Crippen MR) is 60.1 cm³/mol. The maximum absolute atomic E-state index is 11.4. The van der Waals surface area contributed by atoms with Crippen molar-refractivity contribution in [2.45, 2.75) is 25.3 Å². The Morgan fingerprint density at radius 3 is 2.69 bits per heavy atom. The van der Waals surface area contributed by atoms with Gasteiger partial charge in [0.05, 0.1) is 6.54 Å². The molecular weight excluding hydrogens is 208 g/mol. The van der Waals surface area contributed by atoms with E-state index < -0.39 is 5.97 Å². The van der Waals surface area contributed by atoms with E-state index in [1.165, 1.54) is 0 Å². The van der Waals surface area contributed by atoms with E-state index in [4.69, 9.17) is 5.11 Å². The third kappa shape index (κ3) is 5.50. The van der Waals surface area contributed by atoms with Gasteiger partial charge in [0.15, 0.2) is 0 Å². The highest BCUT2D eigenvalue weighted by atomic mass is 16.4. The van der Waals surface area contributed by atoms with Crippen molar-refractivity contribution in [3.05, 3.63) is 12.7 Å². The zero-order valence-electron chi connectivity index (χ0n) is 9.32. The van der Waals surface area contributed by atoms with E-state index in [0.29, 0.717) is 25.6 Å². The topological polar surface area (TPSA) is 69.6 Å². The summed E-state index contributed by atoms with van der Waals surface area (Å²) < 4.78 is 0. The number of carboxylic acids is 1. The molecule has 90 valence electrons. The summed E-state index contributed by atoms with van der Waals surface area (Å²) in [6, 6.07) is 0.361. The second kappa shape index (κ2) is 6.27. The number of carbonyl (C=O) groups is 2. The predicted octanol–water partition coefficient (Wildman–Crippen LogP) is 0.228. The number of carboxylic acid groups (broad SMARTS) is 1. The van der Waals surface area contributed by atoms with Gasteiger partial charge in [-0.05, 0) is 12.8 Å². The van der Waals surface area contributed by atoms with E-state index in [0.717, 1.165) is 12.8 Å². The van der Waals surface area contributed by atoms with Gasteiger partial charge >= 0.3 is 5.97 Å². The number of hydrogen-bond acceptors (Lipinski definition) is 3. The molecule has 1 fully saturated rings. The number of aliphatic carboxylic acids is 1. The molecule has 2 N–H and O–H groups in total. The van der Waals surface area contributed by atoms with E-state index in [1.54, 1.807) is 11.0 Å². The zero-order valence-corrected chi connectivity index (χ0v) is 9.32. The zero-order chi connectivity index (χ0) is 12.0. The first-order valence-electron chi connectivity index (χ1n) is 5.46. The van der Waals surface area contributed by atoms with Crippen LogP contribution >= 0.6 is 0 Å². The van der Waals surface area contributed by atoms with Crippen LogP contribution in [-0.2, 0) is 9.59 Å². The van der Waals surface area contributed by atoms with Crippen LogP contribution in [0.25, 0.3) is 0 Å². The van der Waals surface area contributed by atoms with Crippen LogP contribution in [0.3, 0.4) is 0 Å². The Bertz CT molecular complexity index is 274. The van der Waals surface area contributed by atoms with Gasteiger partial charge in [-0.3, -0.25) is 14.5 Å². The van der Waals surface area contributed by atoms with Crippen molar-refractivity contribution in [2.75, 3.05) is 19.6 Å². The van der Waals surface area contributed by atoms with Crippen molar-refractivity contribution in [3.8, 4) is 0 Å². The Balaban J connectivity index is 2.21. The largest absolute Gasteiger partial charge is 0.480 e. The second-order valence-electron chi connectivity index (χ2n) is 4.01. The van der Waals surface area contributed by atoms with Crippen molar-refractivity contribution in [3.63, 3.8) is 0 Å². The molecule has 0 heterocycles. The average Bonchev–Trinajstić information content (AvgIpc) is 2.97. The third-order valence-corrected chi connectivity index (χ3v) is 2.34. The molecule has 1 amide bonds. The molecule has 1 aliphatic rings. The van der Waals surface area contributed by atoms with Crippen LogP contribution < -0.4 is 5.32 Å². The fraction of sp³-hybridized carbons (Fsp3) is 0.636. The highest BCUT2D eigenvalue weighted by molar-refractivity contribution is 5.76. The van der Waals surface area contributed by atoms with E-state index in [2.05, 4.69) is 11.9 Å². The van der Waals surface area contributed by atoms with Crippen molar-refractivity contribution >= 4 is 11.9 Å². The summed E-state index contributed by atoms with van der Waals surface area (Å²) in [7, 11) is 0. The Labute approximate surface area is 95.1 Å². The van der Waals surface area contributed by atoms with Gasteiger partial charge in [-0.1, -0.05) is 6.08 Å². The van der Waals surface area contributed by atoms with Gasteiger partial charge in [0, 0.05) is 25.6 Å². The summed E-state index contributed by atoms with van der Waals surface area (Å²) in [6.45, 7) is 4.45. The molecule has 0 atom stereocenters. The van der Waals surface area contributed by atoms with Crippen LogP contribution in [0.1, 0.15) is 19.3 Å². The lowest BCUT2D eigenvalue weighted by molar-refractivity contribution is -0.138. The van der Waals surface area contributed by atoms with E-state index in [9.17, 15) is 9.59 Å². The van der Waals surface area contributed by atoms with Gasteiger partial charge in [-0.25, -0.2) is 0 Å². The smallest absolute Gasteiger partial charge is 0.317 e. The van der Waals surface area contributed by atoms with Gasteiger partial charge < -0.3 is 10.4 Å². The maximum Gasteiger partial charge on any atom is 0.317 e. The molecule has 0 bridgehead atoms. The fourth-order valence-corrected chi connectivity index (χ4v) is 1.40. The fourth-order valence-electron chi connectivity index (χ4n) is 1.40. The highest BCUT2D eigenvalue weighted by Gasteiger charge is 2.23. The number of nitrogens with one attached hydrogen (secondary N) is 1. The number of hydrogen-bond donors (Lipinski definition) is 2. The standard InChI is InChI=1S/C11H18N2O3/c1-2-6-13(8-11(15)16)7-5-10(14)12-9-3-4-9/h2,9H,1,3-8H2,(H,12,14)(H,15,16). The van der Waals surface area contributed by atoms with E-state index in [-0.39, 0.29) is 12.5 Å². The molecule has 0 unspecified atom stereocenters. The second-order valence-corrected chi connectivity index (χ2v) is 4.01. The summed E-state index contributed by atoms with van der Waals surface area (Å²) in [5.41, 5.74) is 0. The van der Waals surface area contributed by atoms with Crippen LogP contribution in [0.15, 0.2) is 12.7 Å². The molecule has 0 aromatic carbocycles. The Hall–Kier alpha value is -1.36. The van der Waals surface area contributed by atoms with Crippen LogP contribution in [0.5, 0.6) is 0 Å². The molecule has 5 nitrogen and oxygen atoms in total. The molecule has 0 spiro atoms. The quantitative estimate of drug-likeness (QED) is 0.581. The average molecular weight is 226 g/mol. The Morgan fingerprint density at radius 2 is 2.19 bits per heavy atom. The summed E-state index contributed by atoms with van der Waals surface area (Å²) >= 11 is 0. The monoisotopic (exact) mass is 226 g/mol. The third-order valence-electron chi connectivity index (χ3n) is 2.34. The first-order valence-corrected chi connectivity index (χ1v) is 5.46. The van der Waals surface area contributed by atoms with E-state index >= 15 is 0 Å². The van der Waals surface area contributed by atoms with Crippen LogP contribution in [0, 0.1) is 0 Å². The molecule has 5 heteroatoms. The number of rotatable bonds is 8. The lowest BCUT2D eigenvalue weighted by Crippen LogP contribution is -2.34. The SMILES string of the molecule is C=CCN(CCC(=O)NC1CC1)CC(=O)O. The Morgan fingerprint density at radius 1 is 1.50 bits per heavy atom. The minimum atomic E-state index is -0.885. The van der Waals surface area contributed by atoms with Crippen molar-refractivity contribution in [1.82, 2.24) is 10.2 Å². The molecule has 16 heavy (non-hydrogen) atoms. The first-order chi connectivity index (χ1) is 7.61. The summed E-state index contributed by atoms with van der Waals surface area (Å²) in [4.78, 5) is 23.6. The first kappa shape index (κ1) is 12.7. The molecule has 0 aliphatic heterocycles. The molecule has 0 saturated heterocycles. The number of nitrogens with zero attached hydrogens (tertiary/aromatic N) is 1. The highest BCUT2D eigenvalue weighted by Crippen LogP contribution is 2.18. The van der Waals surface area contributed by atoms with Crippen LogP contribution in [0.4, 0.5) is 0 Å².